The Balaban J connectivity index is 1.89. The zero-order valence-corrected chi connectivity index (χ0v) is 18.2. The first-order valence-corrected chi connectivity index (χ1v) is 10.3. The van der Waals surface area contributed by atoms with Crippen molar-refractivity contribution in [2.45, 2.75) is 12.1 Å². The molecule has 0 saturated heterocycles. The van der Waals surface area contributed by atoms with E-state index in [-0.39, 0.29) is 12.1 Å². The fourth-order valence-electron chi connectivity index (χ4n) is 3.68. The van der Waals surface area contributed by atoms with Gasteiger partial charge in [0, 0.05) is 10.0 Å². The van der Waals surface area contributed by atoms with Gasteiger partial charge in [0.25, 0.3) is 0 Å². The summed E-state index contributed by atoms with van der Waals surface area (Å²) < 4.78 is 1.88. The lowest BCUT2D eigenvalue weighted by molar-refractivity contribution is 0.316. The van der Waals surface area contributed by atoms with Crippen LogP contribution in [0.4, 0.5) is 0 Å². The second-order valence-corrected chi connectivity index (χ2v) is 8.08. The maximum atomic E-state index is 6.56. The van der Waals surface area contributed by atoms with E-state index in [4.69, 9.17) is 23.2 Å². The Morgan fingerprint density at radius 3 is 1.97 bits per heavy atom. The summed E-state index contributed by atoms with van der Waals surface area (Å²) in [5.41, 5.74) is 3.08. The number of nitrogens with zero attached hydrogens (tertiary/aromatic N) is 5. The highest BCUT2D eigenvalue weighted by atomic mass is 35.5. The number of tetrazole rings is 1. The molecule has 7 heteroatoms. The average Bonchev–Trinajstić information content (AvgIpc) is 3.20. The summed E-state index contributed by atoms with van der Waals surface area (Å²) >= 11 is 12.7. The predicted octanol–water partition coefficient (Wildman–Crippen LogP) is 5.27. The maximum Gasteiger partial charge on any atom is 0.174 e. The number of hydrogen-bond acceptors (Lipinski definition) is 4. The highest BCUT2D eigenvalue weighted by molar-refractivity contribution is 6.35. The van der Waals surface area contributed by atoms with Crippen LogP contribution in [-0.2, 0) is 0 Å². The lowest BCUT2D eigenvalue weighted by atomic mass is 9.97. The summed E-state index contributed by atoms with van der Waals surface area (Å²) in [6.07, 6.45) is 0. The number of aromatic nitrogens is 4. The molecule has 0 aliphatic carbocycles. The summed E-state index contributed by atoms with van der Waals surface area (Å²) in [6, 6.07) is 25.5. The predicted molar refractivity (Wildman–Crippen MR) is 120 cm³/mol. The molecular formula is C23H21Cl2N5. The van der Waals surface area contributed by atoms with Crippen LogP contribution >= 0.6 is 23.2 Å². The molecule has 0 saturated carbocycles. The lowest BCUT2D eigenvalue weighted by Gasteiger charge is -2.27. The fourth-order valence-corrected chi connectivity index (χ4v) is 4.19. The molecule has 5 nitrogen and oxygen atoms in total. The van der Waals surface area contributed by atoms with Gasteiger partial charge in [-0.15, -0.1) is 5.10 Å². The van der Waals surface area contributed by atoms with Gasteiger partial charge in [-0.25, -0.2) is 4.68 Å². The highest BCUT2D eigenvalue weighted by Gasteiger charge is 2.29. The molecule has 4 aromatic rings. The normalized spacial score (nSPS) is 12.5. The molecule has 0 unspecified atom stereocenters. The van der Waals surface area contributed by atoms with Crippen LogP contribution in [0.15, 0.2) is 78.9 Å². The van der Waals surface area contributed by atoms with Gasteiger partial charge in [0.05, 0.1) is 6.04 Å². The molecule has 0 radical (unpaired) electrons. The summed E-state index contributed by atoms with van der Waals surface area (Å²) in [6.45, 7) is 0. The molecule has 0 bridgehead atoms. The molecule has 0 aliphatic rings. The van der Waals surface area contributed by atoms with Crippen LogP contribution in [0, 0.1) is 0 Å². The first kappa shape index (κ1) is 20.5. The minimum absolute atomic E-state index is 0.175. The quantitative estimate of drug-likeness (QED) is 0.412. The van der Waals surface area contributed by atoms with E-state index in [1.54, 1.807) is 6.07 Å². The van der Waals surface area contributed by atoms with E-state index in [1.165, 1.54) is 0 Å². The minimum atomic E-state index is -0.250. The zero-order chi connectivity index (χ0) is 21.1. The van der Waals surface area contributed by atoms with Crippen molar-refractivity contribution >= 4 is 23.2 Å². The Morgan fingerprint density at radius 1 is 0.833 bits per heavy atom. The summed E-state index contributed by atoms with van der Waals surface area (Å²) in [4.78, 5) is 2.05. The van der Waals surface area contributed by atoms with Crippen LogP contribution in [0.3, 0.4) is 0 Å². The maximum absolute atomic E-state index is 6.56. The van der Waals surface area contributed by atoms with Gasteiger partial charge >= 0.3 is 0 Å². The van der Waals surface area contributed by atoms with Crippen LogP contribution in [-0.4, -0.2) is 39.2 Å². The van der Waals surface area contributed by atoms with Gasteiger partial charge in [0.1, 0.15) is 6.04 Å². The number of benzene rings is 3. The third-order valence-corrected chi connectivity index (χ3v) is 5.57. The van der Waals surface area contributed by atoms with Crippen LogP contribution in [0.25, 0.3) is 0 Å². The van der Waals surface area contributed by atoms with E-state index in [0.29, 0.717) is 15.9 Å². The molecule has 0 spiro atoms. The molecule has 0 aliphatic heterocycles. The van der Waals surface area contributed by atoms with E-state index < -0.39 is 0 Å². The smallest absolute Gasteiger partial charge is 0.174 e. The Labute approximate surface area is 185 Å². The highest BCUT2D eigenvalue weighted by Crippen LogP contribution is 2.35. The molecule has 1 atom stereocenters. The molecular weight excluding hydrogens is 417 g/mol. The molecule has 0 amide bonds. The van der Waals surface area contributed by atoms with E-state index in [9.17, 15) is 0 Å². The van der Waals surface area contributed by atoms with Gasteiger partial charge in [0.2, 0.25) is 0 Å². The SMILES string of the molecule is CN(C)[C@@H](c1ccc(Cl)cc1Cl)c1nnnn1C(c1ccccc1)c1ccccc1. The summed E-state index contributed by atoms with van der Waals surface area (Å²) in [5.74, 6) is 0.696. The van der Waals surface area contributed by atoms with E-state index in [0.717, 1.165) is 16.7 Å². The standard InChI is InChI=1S/C23H21Cl2N5/c1-29(2)22(19-14-13-18(24)15-20(19)25)23-26-27-28-30(23)21(16-9-5-3-6-10-16)17-11-7-4-8-12-17/h3-15,21-22H,1-2H3/t22-/m0/s1. The number of halogens is 2. The first-order chi connectivity index (χ1) is 14.6. The molecule has 4 rings (SSSR count). The lowest BCUT2D eigenvalue weighted by Crippen LogP contribution is -2.27. The van der Waals surface area contributed by atoms with Gasteiger partial charge in [0.15, 0.2) is 5.82 Å². The summed E-state index contributed by atoms with van der Waals surface area (Å²) in [5, 5.41) is 14.0. The molecule has 1 aromatic heterocycles. The van der Waals surface area contributed by atoms with Crippen molar-refractivity contribution < 1.29 is 0 Å². The summed E-state index contributed by atoms with van der Waals surface area (Å²) in [7, 11) is 3.96. The molecule has 1 heterocycles. The van der Waals surface area contributed by atoms with Gasteiger partial charge in [-0.3, -0.25) is 4.90 Å². The Hall–Kier alpha value is -2.73. The van der Waals surface area contributed by atoms with E-state index in [1.807, 2.05) is 72.2 Å². The van der Waals surface area contributed by atoms with Crippen molar-refractivity contribution in [3.05, 3.63) is 111 Å². The molecule has 0 fully saturated rings. The zero-order valence-electron chi connectivity index (χ0n) is 16.7. The van der Waals surface area contributed by atoms with Crippen molar-refractivity contribution in [1.82, 2.24) is 25.1 Å². The minimum Gasteiger partial charge on any atom is -0.296 e. The van der Waals surface area contributed by atoms with Crippen molar-refractivity contribution in [2.75, 3.05) is 14.1 Å². The first-order valence-electron chi connectivity index (χ1n) is 9.55. The molecule has 30 heavy (non-hydrogen) atoms. The number of rotatable bonds is 6. The Kier molecular flexibility index (Phi) is 6.13. The second kappa shape index (κ2) is 8.96. The van der Waals surface area contributed by atoms with Crippen molar-refractivity contribution in [3.63, 3.8) is 0 Å². The van der Waals surface area contributed by atoms with Gasteiger partial charge in [-0.2, -0.15) is 0 Å². The average molecular weight is 438 g/mol. The Bertz CT molecular complexity index is 1070. The van der Waals surface area contributed by atoms with Crippen LogP contribution in [0.5, 0.6) is 0 Å². The van der Waals surface area contributed by atoms with Crippen molar-refractivity contribution in [3.8, 4) is 0 Å². The van der Waals surface area contributed by atoms with E-state index in [2.05, 4.69) is 39.8 Å². The van der Waals surface area contributed by atoms with Crippen LogP contribution in [0.2, 0.25) is 10.0 Å². The largest absolute Gasteiger partial charge is 0.296 e. The van der Waals surface area contributed by atoms with Gasteiger partial charge < -0.3 is 0 Å². The third-order valence-electron chi connectivity index (χ3n) is 5.01. The van der Waals surface area contributed by atoms with Gasteiger partial charge in [-0.1, -0.05) is 89.9 Å². The van der Waals surface area contributed by atoms with Crippen molar-refractivity contribution in [2.24, 2.45) is 0 Å². The molecule has 152 valence electrons. The van der Waals surface area contributed by atoms with Crippen LogP contribution < -0.4 is 0 Å². The molecule has 0 N–H and O–H groups in total. The second-order valence-electron chi connectivity index (χ2n) is 7.24. The molecule has 3 aromatic carbocycles. The van der Waals surface area contributed by atoms with Crippen molar-refractivity contribution in [1.29, 1.82) is 0 Å². The van der Waals surface area contributed by atoms with Gasteiger partial charge in [-0.05, 0) is 53.3 Å². The third kappa shape index (κ3) is 4.10. The topological polar surface area (TPSA) is 46.8 Å². The monoisotopic (exact) mass is 437 g/mol. The van der Waals surface area contributed by atoms with Crippen LogP contribution in [0.1, 0.15) is 34.6 Å². The fraction of sp³-hybridized carbons (Fsp3) is 0.174. The number of hydrogen-bond donors (Lipinski definition) is 0. The van der Waals surface area contributed by atoms with E-state index >= 15 is 0 Å². The Morgan fingerprint density at radius 2 is 1.43 bits per heavy atom.